The average molecular weight is 545 g/mol. The predicted molar refractivity (Wildman–Crippen MR) is 142 cm³/mol. The predicted octanol–water partition coefficient (Wildman–Crippen LogP) is 2.63. The fourth-order valence-corrected chi connectivity index (χ4v) is 3.59. The maximum absolute atomic E-state index is 12.0. The summed E-state index contributed by atoms with van der Waals surface area (Å²) in [6, 6.07) is 10.8. The van der Waals surface area contributed by atoms with Gasteiger partial charge in [-0.1, -0.05) is 25.1 Å². The molecule has 1 saturated heterocycles. The van der Waals surface area contributed by atoms with E-state index >= 15 is 0 Å². The number of carbonyl (C=O) groups is 1. The lowest BCUT2D eigenvalue weighted by Gasteiger charge is -2.33. The fourth-order valence-electron chi connectivity index (χ4n) is 3.59. The first-order valence-electron chi connectivity index (χ1n) is 11.2. The zero-order valence-corrected chi connectivity index (χ0v) is 22.0. The van der Waals surface area contributed by atoms with Gasteiger partial charge >= 0.3 is 0 Å². The van der Waals surface area contributed by atoms with Gasteiger partial charge in [-0.25, -0.2) is 4.99 Å². The Morgan fingerprint density at radius 3 is 2.45 bits per heavy atom. The number of amides is 1. The van der Waals surface area contributed by atoms with Crippen molar-refractivity contribution in [2.24, 2.45) is 4.99 Å². The van der Waals surface area contributed by atoms with Crippen molar-refractivity contribution in [1.82, 2.24) is 20.4 Å². The molecule has 176 valence electrons. The maximum Gasteiger partial charge on any atom is 0.243 e. The van der Waals surface area contributed by atoms with Crippen molar-refractivity contribution in [2.75, 3.05) is 65.3 Å². The number of carbonyl (C=O) groups excluding carboxylic acids is 1. The van der Waals surface area contributed by atoms with Gasteiger partial charge in [-0.3, -0.25) is 4.79 Å². The molecule has 0 spiro atoms. The Balaban J connectivity index is 0.00000480. The van der Waals surface area contributed by atoms with Crippen LogP contribution in [0.2, 0.25) is 0 Å². The first-order chi connectivity index (χ1) is 14.5. The highest BCUT2D eigenvalue weighted by Gasteiger charge is 2.19. The van der Waals surface area contributed by atoms with Crippen LogP contribution in [-0.2, 0) is 4.79 Å². The molecule has 0 radical (unpaired) electrons. The van der Waals surface area contributed by atoms with Gasteiger partial charge in [0, 0.05) is 59.1 Å². The zero-order valence-electron chi connectivity index (χ0n) is 19.6. The van der Waals surface area contributed by atoms with E-state index in [4.69, 9.17) is 0 Å². The number of hydrogen-bond acceptors (Lipinski definition) is 4. The standard InChI is InChI=1S/C23H40N6O.HI/c1-5-15-29-17-12-20(13-18-29)26-23(25-19-22(30)27(2)3)24-14-9-16-28(4)21-10-7-6-8-11-21;/h6-8,10-11,20H,5,9,12-19H2,1-4H3,(H2,24,25,26);1H. The van der Waals surface area contributed by atoms with Crippen LogP contribution >= 0.6 is 24.0 Å². The minimum Gasteiger partial charge on any atom is -0.375 e. The molecule has 1 aliphatic rings. The molecule has 0 bridgehead atoms. The Kier molecular flexibility index (Phi) is 13.6. The fraction of sp³-hybridized carbons (Fsp3) is 0.652. The number of rotatable bonds is 10. The van der Waals surface area contributed by atoms with Gasteiger partial charge in [0.2, 0.25) is 5.91 Å². The molecular formula is C23H41IN6O. The third kappa shape index (κ3) is 10.5. The Morgan fingerprint density at radius 2 is 1.84 bits per heavy atom. The number of anilines is 1. The number of para-hydroxylation sites is 1. The quantitative estimate of drug-likeness (QED) is 0.205. The van der Waals surface area contributed by atoms with Crippen molar-refractivity contribution < 1.29 is 4.79 Å². The van der Waals surface area contributed by atoms with Gasteiger partial charge in [0.05, 0.1) is 0 Å². The molecule has 0 aromatic heterocycles. The summed E-state index contributed by atoms with van der Waals surface area (Å²) in [7, 11) is 5.64. The molecule has 1 amide bonds. The molecule has 0 aliphatic carbocycles. The number of guanidine groups is 1. The largest absolute Gasteiger partial charge is 0.375 e. The zero-order chi connectivity index (χ0) is 21.8. The third-order valence-corrected chi connectivity index (χ3v) is 5.50. The van der Waals surface area contributed by atoms with Crippen LogP contribution in [0.25, 0.3) is 0 Å². The lowest BCUT2D eigenvalue weighted by atomic mass is 10.1. The first-order valence-corrected chi connectivity index (χ1v) is 11.2. The smallest absolute Gasteiger partial charge is 0.243 e. The third-order valence-electron chi connectivity index (χ3n) is 5.50. The molecule has 0 saturated carbocycles. The molecule has 1 fully saturated rings. The van der Waals surface area contributed by atoms with Crippen LogP contribution in [0.4, 0.5) is 5.69 Å². The van der Waals surface area contributed by atoms with E-state index in [-0.39, 0.29) is 36.4 Å². The molecule has 2 rings (SSSR count). The average Bonchev–Trinajstić information content (AvgIpc) is 2.76. The summed E-state index contributed by atoms with van der Waals surface area (Å²) in [5.41, 5.74) is 1.22. The van der Waals surface area contributed by atoms with E-state index in [1.807, 2.05) is 6.07 Å². The number of aliphatic imine (C=N–C) groups is 1. The van der Waals surface area contributed by atoms with Crippen molar-refractivity contribution in [3.8, 4) is 0 Å². The normalized spacial score (nSPS) is 15.2. The number of halogens is 1. The number of likely N-dealkylation sites (N-methyl/N-ethyl adjacent to an activating group) is 1. The number of nitrogens with one attached hydrogen (secondary N) is 2. The van der Waals surface area contributed by atoms with Crippen LogP contribution in [-0.4, -0.2) is 88.1 Å². The molecule has 1 aromatic carbocycles. The molecule has 31 heavy (non-hydrogen) atoms. The molecular weight excluding hydrogens is 503 g/mol. The van der Waals surface area contributed by atoms with Gasteiger partial charge < -0.3 is 25.3 Å². The minimum atomic E-state index is 0. The summed E-state index contributed by atoms with van der Waals surface area (Å²) in [6.45, 7) is 7.59. The summed E-state index contributed by atoms with van der Waals surface area (Å²) in [4.78, 5) is 22.9. The van der Waals surface area contributed by atoms with Gasteiger partial charge in [-0.2, -0.15) is 0 Å². The number of hydrogen-bond donors (Lipinski definition) is 2. The molecule has 2 N–H and O–H groups in total. The van der Waals surface area contributed by atoms with Crippen LogP contribution in [0.1, 0.15) is 32.6 Å². The molecule has 7 nitrogen and oxygen atoms in total. The van der Waals surface area contributed by atoms with Crippen molar-refractivity contribution in [2.45, 2.75) is 38.6 Å². The Morgan fingerprint density at radius 1 is 1.16 bits per heavy atom. The maximum atomic E-state index is 12.0. The van der Waals surface area contributed by atoms with Crippen LogP contribution in [0.15, 0.2) is 35.3 Å². The molecule has 0 unspecified atom stereocenters. The number of piperidine rings is 1. The highest BCUT2D eigenvalue weighted by molar-refractivity contribution is 14.0. The molecule has 8 heteroatoms. The van der Waals surface area contributed by atoms with E-state index in [0.29, 0.717) is 6.04 Å². The van der Waals surface area contributed by atoms with E-state index in [2.05, 4.69) is 63.7 Å². The number of benzene rings is 1. The summed E-state index contributed by atoms with van der Waals surface area (Å²) >= 11 is 0. The molecule has 0 atom stereocenters. The Bertz CT molecular complexity index is 647. The van der Waals surface area contributed by atoms with Crippen molar-refractivity contribution in [3.05, 3.63) is 30.3 Å². The highest BCUT2D eigenvalue weighted by Crippen LogP contribution is 2.11. The topological polar surface area (TPSA) is 63.2 Å². The second kappa shape index (κ2) is 15.3. The van der Waals surface area contributed by atoms with E-state index < -0.39 is 0 Å². The number of nitrogens with zero attached hydrogens (tertiary/aromatic N) is 4. The van der Waals surface area contributed by atoms with E-state index in [1.165, 1.54) is 18.7 Å². The van der Waals surface area contributed by atoms with Crippen LogP contribution in [0.3, 0.4) is 0 Å². The van der Waals surface area contributed by atoms with Gasteiger partial charge in [-0.15, -0.1) is 24.0 Å². The molecule has 1 aliphatic heterocycles. The van der Waals surface area contributed by atoms with E-state index in [9.17, 15) is 4.79 Å². The summed E-state index contributed by atoms with van der Waals surface area (Å²) in [5, 5.41) is 6.99. The second-order valence-electron chi connectivity index (χ2n) is 8.25. The van der Waals surface area contributed by atoms with Gasteiger partial charge in [0.15, 0.2) is 5.96 Å². The number of likely N-dealkylation sites (tertiary alicyclic amines) is 1. The monoisotopic (exact) mass is 544 g/mol. The highest BCUT2D eigenvalue weighted by atomic mass is 127. The van der Waals surface area contributed by atoms with Gasteiger partial charge in [0.25, 0.3) is 0 Å². The molecule has 1 aromatic rings. The van der Waals surface area contributed by atoms with Gasteiger partial charge in [-0.05, 0) is 44.4 Å². The minimum absolute atomic E-state index is 0. The van der Waals surface area contributed by atoms with E-state index in [0.717, 1.165) is 51.4 Å². The van der Waals surface area contributed by atoms with Crippen molar-refractivity contribution in [1.29, 1.82) is 0 Å². The first kappa shape index (κ1) is 27.5. The van der Waals surface area contributed by atoms with Crippen molar-refractivity contribution in [3.63, 3.8) is 0 Å². The van der Waals surface area contributed by atoms with Crippen LogP contribution in [0, 0.1) is 0 Å². The van der Waals surface area contributed by atoms with E-state index in [1.54, 1.807) is 19.0 Å². The molecule has 1 heterocycles. The summed E-state index contributed by atoms with van der Waals surface area (Å²) in [5.74, 6) is 0.763. The summed E-state index contributed by atoms with van der Waals surface area (Å²) < 4.78 is 0. The van der Waals surface area contributed by atoms with Crippen molar-refractivity contribution >= 4 is 41.5 Å². The van der Waals surface area contributed by atoms with Crippen LogP contribution in [0.5, 0.6) is 0 Å². The SMILES string of the molecule is CCCN1CCC(NC(=NCC(=O)N(C)C)NCCCN(C)c2ccccc2)CC1.I. The Hall–Kier alpha value is -1.55. The second-order valence-corrected chi connectivity index (χ2v) is 8.25. The summed E-state index contributed by atoms with van der Waals surface area (Å²) in [6.07, 6.45) is 4.41. The Labute approximate surface area is 205 Å². The van der Waals surface area contributed by atoms with Crippen LogP contribution < -0.4 is 15.5 Å². The van der Waals surface area contributed by atoms with Gasteiger partial charge in [0.1, 0.15) is 6.54 Å². The lowest BCUT2D eigenvalue weighted by Crippen LogP contribution is -2.49. The lowest BCUT2D eigenvalue weighted by molar-refractivity contribution is -0.127.